The van der Waals surface area contributed by atoms with Gasteiger partial charge in [-0.15, -0.1) is 0 Å². The molecule has 2 unspecified atom stereocenters. The Morgan fingerprint density at radius 2 is 0.531 bits per heavy atom. The third-order valence-corrected chi connectivity index (χ3v) is 7.62. The molecule has 0 aromatic heterocycles. The van der Waals surface area contributed by atoms with Gasteiger partial charge in [0, 0.05) is 0 Å². The van der Waals surface area contributed by atoms with Gasteiger partial charge in [0.2, 0.25) is 0 Å². The molecule has 0 saturated carbocycles. The number of rotatable bonds is 27. The maximum absolute atomic E-state index is 5.92. The van der Waals surface area contributed by atoms with E-state index in [4.69, 9.17) is 4.74 Å². The van der Waals surface area contributed by atoms with Crippen LogP contribution in [-0.4, -0.2) is 12.2 Å². The molecule has 1 saturated heterocycles. The first-order valence-electron chi connectivity index (χ1n) is 15.5. The average molecular weight is 451 g/mol. The number of unbranched alkanes of at least 4 members (excludes halogenated alkanes) is 23. The van der Waals surface area contributed by atoms with Crippen LogP contribution in [-0.2, 0) is 4.74 Å². The lowest BCUT2D eigenvalue weighted by atomic mass is 10.0. The van der Waals surface area contributed by atoms with Crippen LogP contribution in [0.1, 0.15) is 187 Å². The molecule has 1 heterocycles. The predicted molar refractivity (Wildman–Crippen MR) is 145 cm³/mol. The van der Waals surface area contributed by atoms with Gasteiger partial charge in [-0.1, -0.05) is 174 Å². The standard InChI is InChI=1S/C31H62O/c1-3-5-7-9-11-13-15-17-19-21-23-25-27-29-31-30(32-31)28-26-24-22-20-18-16-14-12-10-8-6-4-2/h30-31H,3-29H2,1-2H3. The molecular weight excluding hydrogens is 388 g/mol. The summed E-state index contributed by atoms with van der Waals surface area (Å²) < 4.78 is 5.92. The van der Waals surface area contributed by atoms with Crippen LogP contribution in [0.25, 0.3) is 0 Å². The summed E-state index contributed by atoms with van der Waals surface area (Å²) in [4.78, 5) is 0. The van der Waals surface area contributed by atoms with E-state index < -0.39 is 0 Å². The van der Waals surface area contributed by atoms with E-state index in [1.807, 2.05) is 0 Å². The van der Waals surface area contributed by atoms with Crippen LogP contribution in [0.4, 0.5) is 0 Å². The van der Waals surface area contributed by atoms with Gasteiger partial charge >= 0.3 is 0 Å². The van der Waals surface area contributed by atoms with Gasteiger partial charge in [0.05, 0.1) is 12.2 Å². The summed E-state index contributed by atoms with van der Waals surface area (Å²) in [5, 5.41) is 0. The molecule has 0 aliphatic carbocycles. The summed E-state index contributed by atoms with van der Waals surface area (Å²) in [5.74, 6) is 0. The van der Waals surface area contributed by atoms with Crippen LogP contribution >= 0.6 is 0 Å². The fraction of sp³-hybridized carbons (Fsp3) is 1.00. The molecule has 1 heteroatoms. The average Bonchev–Trinajstić information content (AvgIpc) is 3.55. The van der Waals surface area contributed by atoms with Crippen molar-refractivity contribution in [3.05, 3.63) is 0 Å². The Hall–Kier alpha value is -0.0400. The largest absolute Gasteiger partial charge is 0.370 e. The van der Waals surface area contributed by atoms with Crippen LogP contribution < -0.4 is 0 Å². The first kappa shape index (κ1) is 30.0. The van der Waals surface area contributed by atoms with Gasteiger partial charge in [-0.05, 0) is 12.8 Å². The Kier molecular flexibility index (Phi) is 22.6. The minimum absolute atomic E-state index is 0.635. The van der Waals surface area contributed by atoms with Crippen LogP contribution in [0.2, 0.25) is 0 Å². The Morgan fingerprint density at radius 3 is 0.781 bits per heavy atom. The second-order valence-corrected chi connectivity index (χ2v) is 10.9. The van der Waals surface area contributed by atoms with Crippen LogP contribution in [0.3, 0.4) is 0 Å². The topological polar surface area (TPSA) is 12.5 Å². The molecule has 0 N–H and O–H groups in total. The summed E-state index contributed by atoms with van der Waals surface area (Å²) in [7, 11) is 0. The zero-order valence-electron chi connectivity index (χ0n) is 22.7. The molecule has 1 nitrogen and oxygen atoms in total. The van der Waals surface area contributed by atoms with Gasteiger partial charge in [-0.2, -0.15) is 0 Å². The highest BCUT2D eigenvalue weighted by atomic mass is 16.6. The lowest BCUT2D eigenvalue weighted by Crippen LogP contribution is -1.95. The van der Waals surface area contributed by atoms with Gasteiger partial charge in [0.1, 0.15) is 0 Å². The number of ether oxygens (including phenoxy) is 1. The molecule has 2 atom stereocenters. The second-order valence-electron chi connectivity index (χ2n) is 10.9. The summed E-state index contributed by atoms with van der Waals surface area (Å²) in [6.07, 6.45) is 40.1. The molecule has 1 fully saturated rings. The summed E-state index contributed by atoms with van der Waals surface area (Å²) >= 11 is 0. The van der Waals surface area contributed by atoms with Crippen molar-refractivity contribution >= 4 is 0 Å². The van der Waals surface area contributed by atoms with E-state index in [0.29, 0.717) is 12.2 Å². The smallest absolute Gasteiger partial charge is 0.0841 e. The third kappa shape index (κ3) is 20.6. The number of hydrogen-bond acceptors (Lipinski definition) is 1. The maximum Gasteiger partial charge on any atom is 0.0841 e. The van der Waals surface area contributed by atoms with Crippen molar-refractivity contribution in [2.24, 2.45) is 0 Å². The predicted octanol–water partition coefficient (Wildman–Crippen LogP) is 11.3. The van der Waals surface area contributed by atoms with Crippen LogP contribution in [0, 0.1) is 0 Å². The zero-order chi connectivity index (χ0) is 23.0. The highest BCUT2D eigenvalue weighted by Crippen LogP contribution is 2.32. The van der Waals surface area contributed by atoms with Crippen molar-refractivity contribution in [1.82, 2.24) is 0 Å². The highest BCUT2D eigenvalue weighted by Gasteiger charge is 2.36. The molecule has 32 heavy (non-hydrogen) atoms. The fourth-order valence-corrected chi connectivity index (χ4v) is 5.24. The third-order valence-electron chi connectivity index (χ3n) is 7.62. The molecule has 0 aromatic carbocycles. The van der Waals surface area contributed by atoms with Gasteiger partial charge in [-0.25, -0.2) is 0 Å². The van der Waals surface area contributed by atoms with E-state index in [1.165, 1.54) is 173 Å². The van der Waals surface area contributed by atoms with Gasteiger partial charge in [0.15, 0.2) is 0 Å². The van der Waals surface area contributed by atoms with E-state index in [1.54, 1.807) is 0 Å². The van der Waals surface area contributed by atoms with Gasteiger partial charge in [-0.3, -0.25) is 0 Å². The summed E-state index contributed by atoms with van der Waals surface area (Å²) in [6.45, 7) is 4.60. The van der Waals surface area contributed by atoms with Crippen LogP contribution in [0.15, 0.2) is 0 Å². The van der Waals surface area contributed by atoms with Crippen molar-refractivity contribution < 1.29 is 4.74 Å². The molecule has 0 amide bonds. The lowest BCUT2D eigenvalue weighted by Gasteiger charge is -2.03. The van der Waals surface area contributed by atoms with Gasteiger partial charge in [0.25, 0.3) is 0 Å². The quantitative estimate of drug-likeness (QED) is 0.0895. The number of hydrogen-bond donors (Lipinski definition) is 0. The maximum atomic E-state index is 5.92. The first-order valence-corrected chi connectivity index (χ1v) is 15.5. The molecule has 0 spiro atoms. The van der Waals surface area contributed by atoms with E-state index in [-0.39, 0.29) is 0 Å². The second kappa shape index (κ2) is 24.1. The zero-order valence-corrected chi connectivity index (χ0v) is 22.7. The Balaban J connectivity index is 1.68. The fourth-order valence-electron chi connectivity index (χ4n) is 5.24. The normalized spacial score (nSPS) is 17.8. The molecule has 1 aliphatic heterocycles. The molecular formula is C31H62O. The van der Waals surface area contributed by atoms with Crippen molar-refractivity contribution in [2.45, 2.75) is 199 Å². The molecule has 1 rings (SSSR count). The van der Waals surface area contributed by atoms with Crippen molar-refractivity contribution in [3.63, 3.8) is 0 Å². The van der Waals surface area contributed by atoms with Crippen molar-refractivity contribution in [1.29, 1.82) is 0 Å². The molecule has 192 valence electrons. The Morgan fingerprint density at radius 1 is 0.312 bits per heavy atom. The summed E-state index contributed by atoms with van der Waals surface area (Å²) in [5.41, 5.74) is 0. The van der Waals surface area contributed by atoms with Crippen molar-refractivity contribution in [3.8, 4) is 0 Å². The number of epoxide rings is 1. The van der Waals surface area contributed by atoms with E-state index in [9.17, 15) is 0 Å². The van der Waals surface area contributed by atoms with E-state index in [0.717, 1.165) is 0 Å². The Bertz CT molecular complexity index is 352. The summed E-state index contributed by atoms with van der Waals surface area (Å²) in [6, 6.07) is 0. The Labute approximate surface area is 204 Å². The minimum Gasteiger partial charge on any atom is -0.370 e. The van der Waals surface area contributed by atoms with Gasteiger partial charge < -0.3 is 4.74 Å². The molecule has 0 radical (unpaired) electrons. The monoisotopic (exact) mass is 450 g/mol. The first-order chi connectivity index (χ1) is 15.9. The lowest BCUT2D eigenvalue weighted by molar-refractivity contribution is 0.347. The minimum atomic E-state index is 0.635. The molecule has 0 bridgehead atoms. The van der Waals surface area contributed by atoms with E-state index in [2.05, 4.69) is 13.8 Å². The van der Waals surface area contributed by atoms with Crippen LogP contribution in [0.5, 0.6) is 0 Å². The van der Waals surface area contributed by atoms with Crippen molar-refractivity contribution in [2.75, 3.05) is 0 Å². The van der Waals surface area contributed by atoms with E-state index >= 15 is 0 Å². The SMILES string of the molecule is CCCCCCCCCCCCCCCC1OC1CCCCCCCCCCCCCC. The molecule has 1 aliphatic rings. The highest BCUT2D eigenvalue weighted by molar-refractivity contribution is 4.84. The molecule has 0 aromatic rings.